The maximum Gasteiger partial charge on any atom is 0.329 e. The number of nitro groups is 1. The van der Waals surface area contributed by atoms with Crippen molar-refractivity contribution in [3.05, 3.63) is 33.9 Å². The zero-order valence-electron chi connectivity index (χ0n) is 11.1. The van der Waals surface area contributed by atoms with Crippen molar-refractivity contribution < 1.29 is 19.6 Å². The highest BCUT2D eigenvalue weighted by Crippen LogP contribution is 2.31. The Morgan fingerprint density at radius 3 is 2.65 bits per heavy atom. The van der Waals surface area contributed by atoms with Gasteiger partial charge in [-0.3, -0.25) is 10.1 Å². The van der Waals surface area contributed by atoms with Gasteiger partial charge in [-0.2, -0.15) is 0 Å². The summed E-state index contributed by atoms with van der Waals surface area (Å²) >= 11 is 0. The van der Waals surface area contributed by atoms with Crippen LogP contribution in [-0.4, -0.2) is 34.8 Å². The fourth-order valence-corrected chi connectivity index (χ4v) is 2.33. The van der Waals surface area contributed by atoms with E-state index in [2.05, 4.69) is 5.32 Å². The highest BCUT2D eigenvalue weighted by Gasteiger charge is 2.40. The fourth-order valence-electron chi connectivity index (χ4n) is 2.33. The van der Waals surface area contributed by atoms with Gasteiger partial charge in [0.1, 0.15) is 5.54 Å². The lowest BCUT2D eigenvalue weighted by atomic mass is 9.89. The Balaban J connectivity index is 2.34. The quantitative estimate of drug-likeness (QED) is 0.645. The first-order valence-corrected chi connectivity index (χ1v) is 6.29. The SMILES string of the molecule is Cc1c(NC2(C(=O)O)CCOCC2)cccc1[N+](=O)[O-]. The molecule has 1 aliphatic rings. The predicted octanol–water partition coefficient (Wildman–Crippen LogP) is 1.95. The highest BCUT2D eigenvalue weighted by atomic mass is 16.6. The van der Waals surface area contributed by atoms with Crippen LogP contribution in [0.5, 0.6) is 0 Å². The van der Waals surface area contributed by atoms with Crippen molar-refractivity contribution in [3.63, 3.8) is 0 Å². The van der Waals surface area contributed by atoms with Gasteiger partial charge in [0.25, 0.3) is 5.69 Å². The Morgan fingerprint density at radius 2 is 2.10 bits per heavy atom. The molecule has 108 valence electrons. The summed E-state index contributed by atoms with van der Waals surface area (Å²) in [5, 5.41) is 23.4. The number of ether oxygens (including phenoxy) is 1. The van der Waals surface area contributed by atoms with Gasteiger partial charge in [-0.1, -0.05) is 6.07 Å². The molecule has 0 aromatic heterocycles. The largest absolute Gasteiger partial charge is 0.480 e. The molecule has 1 aliphatic heterocycles. The van der Waals surface area contributed by atoms with Crippen molar-refractivity contribution in [1.82, 2.24) is 0 Å². The van der Waals surface area contributed by atoms with Crippen molar-refractivity contribution in [2.45, 2.75) is 25.3 Å². The van der Waals surface area contributed by atoms with Gasteiger partial charge in [-0.25, -0.2) is 4.79 Å². The summed E-state index contributed by atoms with van der Waals surface area (Å²) in [6, 6.07) is 4.60. The fraction of sp³-hybridized carbons (Fsp3) is 0.462. The molecule has 0 bridgehead atoms. The van der Waals surface area contributed by atoms with Crippen LogP contribution < -0.4 is 5.32 Å². The third-order valence-electron chi connectivity index (χ3n) is 3.63. The molecule has 7 heteroatoms. The predicted molar refractivity (Wildman–Crippen MR) is 71.9 cm³/mol. The molecule has 0 saturated carbocycles. The van der Waals surface area contributed by atoms with E-state index in [0.29, 0.717) is 37.3 Å². The van der Waals surface area contributed by atoms with E-state index in [1.807, 2.05) is 0 Å². The summed E-state index contributed by atoms with van der Waals surface area (Å²) in [7, 11) is 0. The summed E-state index contributed by atoms with van der Waals surface area (Å²) in [6.45, 7) is 2.32. The number of benzene rings is 1. The number of nitrogens with one attached hydrogen (secondary N) is 1. The summed E-state index contributed by atoms with van der Waals surface area (Å²) in [6.07, 6.45) is 0.648. The van der Waals surface area contributed by atoms with Crippen LogP contribution in [0.4, 0.5) is 11.4 Å². The molecule has 7 nitrogen and oxygen atoms in total. The molecule has 1 fully saturated rings. The molecule has 1 aromatic carbocycles. The summed E-state index contributed by atoms with van der Waals surface area (Å²) in [5.41, 5.74) is -0.242. The van der Waals surface area contributed by atoms with Crippen molar-refractivity contribution in [3.8, 4) is 0 Å². The molecule has 1 heterocycles. The first-order valence-electron chi connectivity index (χ1n) is 6.29. The zero-order chi connectivity index (χ0) is 14.8. The van der Waals surface area contributed by atoms with Crippen LogP contribution in [-0.2, 0) is 9.53 Å². The smallest absolute Gasteiger partial charge is 0.329 e. The highest BCUT2D eigenvalue weighted by molar-refractivity contribution is 5.83. The lowest BCUT2D eigenvalue weighted by Crippen LogP contribution is -2.50. The van der Waals surface area contributed by atoms with E-state index in [0.717, 1.165) is 0 Å². The third-order valence-corrected chi connectivity index (χ3v) is 3.63. The molecule has 0 unspecified atom stereocenters. The maximum absolute atomic E-state index is 11.6. The van der Waals surface area contributed by atoms with Crippen molar-refractivity contribution >= 4 is 17.3 Å². The first kappa shape index (κ1) is 14.3. The molecule has 1 aromatic rings. The van der Waals surface area contributed by atoms with Crippen LogP contribution in [0.25, 0.3) is 0 Å². The number of anilines is 1. The molecule has 0 radical (unpaired) electrons. The third kappa shape index (κ3) is 2.57. The van der Waals surface area contributed by atoms with Crippen LogP contribution in [0.15, 0.2) is 18.2 Å². The van der Waals surface area contributed by atoms with Crippen LogP contribution in [0.1, 0.15) is 18.4 Å². The number of rotatable bonds is 4. The van der Waals surface area contributed by atoms with Gasteiger partial charge in [0, 0.05) is 43.4 Å². The molecule has 0 aliphatic carbocycles. The van der Waals surface area contributed by atoms with E-state index in [1.165, 1.54) is 6.07 Å². The normalized spacial score (nSPS) is 17.4. The van der Waals surface area contributed by atoms with Crippen LogP contribution >= 0.6 is 0 Å². The van der Waals surface area contributed by atoms with Gasteiger partial charge in [0.15, 0.2) is 0 Å². The minimum absolute atomic E-state index is 0.0254. The van der Waals surface area contributed by atoms with Crippen molar-refractivity contribution in [2.75, 3.05) is 18.5 Å². The molecule has 1 saturated heterocycles. The second-order valence-electron chi connectivity index (χ2n) is 4.83. The summed E-state index contributed by atoms with van der Waals surface area (Å²) in [5.74, 6) is -0.966. The minimum atomic E-state index is -1.13. The number of hydrogen-bond donors (Lipinski definition) is 2. The standard InChI is InChI=1S/C13H16N2O5/c1-9-10(3-2-4-11(9)15(18)19)14-13(12(16)17)5-7-20-8-6-13/h2-4,14H,5-8H2,1H3,(H,16,17). The number of carbonyl (C=O) groups is 1. The zero-order valence-corrected chi connectivity index (χ0v) is 11.1. The Hall–Kier alpha value is -2.15. The van der Waals surface area contributed by atoms with Gasteiger partial charge in [-0.15, -0.1) is 0 Å². The molecule has 2 rings (SSSR count). The molecule has 0 amide bonds. The van der Waals surface area contributed by atoms with E-state index >= 15 is 0 Å². The van der Waals surface area contributed by atoms with E-state index in [4.69, 9.17) is 4.74 Å². The van der Waals surface area contributed by atoms with Crippen LogP contribution in [0, 0.1) is 17.0 Å². The van der Waals surface area contributed by atoms with Gasteiger partial charge < -0.3 is 15.2 Å². The molecule has 20 heavy (non-hydrogen) atoms. The van der Waals surface area contributed by atoms with E-state index in [9.17, 15) is 20.0 Å². The van der Waals surface area contributed by atoms with Crippen LogP contribution in [0.2, 0.25) is 0 Å². The summed E-state index contributed by atoms with van der Waals surface area (Å²) < 4.78 is 5.19. The number of nitro benzene ring substituents is 1. The average molecular weight is 280 g/mol. The second kappa shape index (κ2) is 5.46. The number of aliphatic carboxylic acids is 1. The van der Waals surface area contributed by atoms with E-state index in [1.54, 1.807) is 19.1 Å². The Morgan fingerprint density at radius 1 is 1.45 bits per heavy atom. The molecular weight excluding hydrogens is 264 g/mol. The average Bonchev–Trinajstić information content (AvgIpc) is 2.41. The molecule has 2 N–H and O–H groups in total. The number of nitrogens with zero attached hydrogens (tertiary/aromatic N) is 1. The van der Waals surface area contributed by atoms with Crippen molar-refractivity contribution in [1.29, 1.82) is 0 Å². The van der Waals surface area contributed by atoms with E-state index in [-0.39, 0.29) is 5.69 Å². The van der Waals surface area contributed by atoms with Crippen LogP contribution in [0.3, 0.4) is 0 Å². The number of hydrogen-bond acceptors (Lipinski definition) is 5. The minimum Gasteiger partial charge on any atom is -0.480 e. The lowest BCUT2D eigenvalue weighted by molar-refractivity contribution is -0.385. The maximum atomic E-state index is 11.6. The van der Waals surface area contributed by atoms with Gasteiger partial charge in [-0.05, 0) is 13.0 Å². The Labute approximate surface area is 115 Å². The molecular formula is C13H16N2O5. The second-order valence-corrected chi connectivity index (χ2v) is 4.83. The summed E-state index contributed by atoms with van der Waals surface area (Å²) in [4.78, 5) is 22.0. The topological polar surface area (TPSA) is 102 Å². The lowest BCUT2D eigenvalue weighted by Gasteiger charge is -2.35. The first-order chi connectivity index (χ1) is 9.46. The number of carboxylic acid groups (broad SMARTS) is 1. The van der Waals surface area contributed by atoms with Gasteiger partial charge in [0.05, 0.1) is 4.92 Å². The van der Waals surface area contributed by atoms with E-state index < -0.39 is 16.4 Å². The Kier molecular flexibility index (Phi) is 3.89. The van der Waals surface area contributed by atoms with Gasteiger partial charge in [0.2, 0.25) is 0 Å². The molecule has 0 spiro atoms. The number of carboxylic acids is 1. The molecule has 0 atom stereocenters. The monoisotopic (exact) mass is 280 g/mol. The van der Waals surface area contributed by atoms with Crippen molar-refractivity contribution in [2.24, 2.45) is 0 Å². The van der Waals surface area contributed by atoms with Gasteiger partial charge >= 0.3 is 5.97 Å². The Bertz CT molecular complexity index is 538.